The minimum absolute atomic E-state index is 0.151. The lowest BCUT2D eigenvalue weighted by molar-refractivity contribution is -0.122. The summed E-state index contributed by atoms with van der Waals surface area (Å²) in [5, 5.41) is 7.75. The summed E-state index contributed by atoms with van der Waals surface area (Å²) < 4.78 is 15.6. The molecule has 0 fully saturated rings. The fraction of sp³-hybridized carbons (Fsp3) is 0.258. The number of hydrogen-bond acceptors (Lipinski definition) is 5. The molecule has 4 aromatic rings. The molecule has 1 N–H and O–H groups in total. The summed E-state index contributed by atoms with van der Waals surface area (Å²) in [7, 11) is 3.87. The van der Waals surface area contributed by atoms with Crippen LogP contribution in [0.15, 0.2) is 78.9 Å². The standard InChI is InChI=1S/C31H32FN5O2S/c1-21-9-7-8-12-25(21)30-28-29(22-10-5-4-6-11-22)34-37(24-15-13-23(32)14-16-24)31(28)36(27(39)20-40-30)19-26(38)33-17-18-35(2)3/h4-16,30H,17-20H2,1-3H3,(H,33,38)/t30-/m1/s1. The van der Waals surface area contributed by atoms with E-state index in [1.54, 1.807) is 16.8 Å². The highest BCUT2D eigenvalue weighted by Crippen LogP contribution is 2.49. The lowest BCUT2D eigenvalue weighted by atomic mass is 9.97. The topological polar surface area (TPSA) is 70.5 Å². The van der Waals surface area contributed by atoms with Gasteiger partial charge in [-0.15, -0.1) is 11.8 Å². The van der Waals surface area contributed by atoms with Crippen molar-refractivity contribution in [2.45, 2.75) is 12.2 Å². The van der Waals surface area contributed by atoms with Crippen LogP contribution in [-0.4, -0.2) is 66.0 Å². The second-order valence-electron chi connectivity index (χ2n) is 10.0. The largest absolute Gasteiger partial charge is 0.353 e. The number of likely N-dealkylation sites (N-methyl/N-ethyl adjacent to an activating group) is 1. The number of anilines is 1. The van der Waals surface area contributed by atoms with Crippen LogP contribution in [0.4, 0.5) is 10.2 Å². The third-order valence-electron chi connectivity index (χ3n) is 6.86. The summed E-state index contributed by atoms with van der Waals surface area (Å²) in [6, 6.07) is 24.0. The summed E-state index contributed by atoms with van der Waals surface area (Å²) in [4.78, 5) is 30.4. The van der Waals surface area contributed by atoms with Gasteiger partial charge in [-0.05, 0) is 56.4 Å². The first-order valence-corrected chi connectivity index (χ1v) is 14.2. The molecule has 3 aromatic carbocycles. The monoisotopic (exact) mass is 557 g/mol. The van der Waals surface area contributed by atoms with Gasteiger partial charge in [0.2, 0.25) is 11.8 Å². The molecule has 0 bridgehead atoms. The van der Waals surface area contributed by atoms with E-state index in [1.165, 1.54) is 28.8 Å². The Bertz CT molecular complexity index is 1500. The van der Waals surface area contributed by atoms with Crippen LogP contribution >= 0.6 is 11.8 Å². The van der Waals surface area contributed by atoms with Gasteiger partial charge in [-0.3, -0.25) is 14.5 Å². The Morgan fingerprint density at radius 1 is 1.05 bits per heavy atom. The Balaban J connectivity index is 1.73. The molecule has 0 unspecified atom stereocenters. The number of thioether (sulfide) groups is 1. The second kappa shape index (κ2) is 12.1. The van der Waals surface area contributed by atoms with Crippen molar-refractivity contribution < 1.29 is 14.0 Å². The van der Waals surface area contributed by atoms with Crippen molar-refractivity contribution in [2.75, 3.05) is 44.4 Å². The zero-order chi connectivity index (χ0) is 28.2. The third kappa shape index (κ3) is 5.80. The molecule has 0 aliphatic carbocycles. The Kier molecular flexibility index (Phi) is 8.32. The van der Waals surface area contributed by atoms with Crippen molar-refractivity contribution in [2.24, 2.45) is 0 Å². The van der Waals surface area contributed by atoms with Crippen LogP contribution in [0.3, 0.4) is 0 Å². The average molecular weight is 558 g/mol. The number of fused-ring (bicyclic) bond motifs is 1. The predicted octanol–water partition coefficient (Wildman–Crippen LogP) is 4.83. The van der Waals surface area contributed by atoms with E-state index in [1.807, 2.05) is 61.5 Å². The second-order valence-corrected chi connectivity index (χ2v) is 11.1. The number of nitrogens with zero attached hydrogens (tertiary/aromatic N) is 4. The molecule has 0 saturated heterocycles. The summed E-state index contributed by atoms with van der Waals surface area (Å²) in [5.41, 5.74) is 5.23. The number of halogens is 1. The number of amides is 2. The first-order chi connectivity index (χ1) is 19.3. The molecule has 2 heterocycles. The highest BCUT2D eigenvalue weighted by atomic mass is 32.2. The van der Waals surface area contributed by atoms with Crippen LogP contribution < -0.4 is 10.2 Å². The highest BCUT2D eigenvalue weighted by Gasteiger charge is 2.38. The number of carbonyl (C=O) groups is 2. The Labute approximate surface area is 238 Å². The number of rotatable bonds is 8. The minimum atomic E-state index is -0.369. The number of nitrogens with one attached hydrogen (secondary N) is 1. The molecule has 1 aliphatic heterocycles. The lowest BCUT2D eigenvalue weighted by Crippen LogP contribution is -2.43. The van der Waals surface area contributed by atoms with Gasteiger partial charge in [-0.1, -0.05) is 54.6 Å². The summed E-state index contributed by atoms with van der Waals surface area (Å²) in [6.45, 7) is 3.06. The Morgan fingerprint density at radius 2 is 1.75 bits per heavy atom. The Morgan fingerprint density at radius 3 is 2.45 bits per heavy atom. The maximum atomic E-state index is 13.9. The van der Waals surface area contributed by atoms with E-state index in [2.05, 4.69) is 24.4 Å². The van der Waals surface area contributed by atoms with Gasteiger partial charge in [0, 0.05) is 24.2 Å². The maximum Gasteiger partial charge on any atom is 0.240 e. The van der Waals surface area contributed by atoms with Crippen LogP contribution in [0.5, 0.6) is 0 Å². The van der Waals surface area contributed by atoms with Gasteiger partial charge in [0.15, 0.2) is 0 Å². The number of carbonyl (C=O) groups excluding carboxylic acids is 2. The van der Waals surface area contributed by atoms with Gasteiger partial charge in [-0.25, -0.2) is 9.07 Å². The molecule has 0 radical (unpaired) electrons. The molecular weight excluding hydrogens is 525 g/mol. The van der Waals surface area contributed by atoms with E-state index in [0.29, 0.717) is 30.3 Å². The molecule has 40 heavy (non-hydrogen) atoms. The van der Waals surface area contributed by atoms with E-state index in [9.17, 15) is 14.0 Å². The van der Waals surface area contributed by atoms with Crippen LogP contribution in [0, 0.1) is 12.7 Å². The van der Waals surface area contributed by atoms with Crippen LogP contribution in [0.2, 0.25) is 0 Å². The average Bonchev–Trinajstić information content (AvgIpc) is 3.27. The van der Waals surface area contributed by atoms with Crippen molar-refractivity contribution in [1.82, 2.24) is 20.0 Å². The zero-order valence-electron chi connectivity index (χ0n) is 22.8. The molecule has 2 amide bonds. The van der Waals surface area contributed by atoms with E-state index >= 15 is 0 Å². The van der Waals surface area contributed by atoms with E-state index in [-0.39, 0.29) is 35.2 Å². The first kappa shape index (κ1) is 27.6. The molecule has 1 atom stereocenters. The third-order valence-corrected chi connectivity index (χ3v) is 8.10. The lowest BCUT2D eigenvalue weighted by Gasteiger charge is -2.23. The highest BCUT2D eigenvalue weighted by molar-refractivity contribution is 8.00. The molecule has 0 saturated carbocycles. The number of benzene rings is 3. The van der Waals surface area contributed by atoms with Crippen molar-refractivity contribution in [3.05, 3.63) is 101 Å². The van der Waals surface area contributed by atoms with Gasteiger partial charge in [0.05, 0.1) is 22.4 Å². The summed E-state index contributed by atoms with van der Waals surface area (Å²) >= 11 is 1.53. The van der Waals surface area contributed by atoms with Crippen LogP contribution in [-0.2, 0) is 9.59 Å². The Hall–Kier alpha value is -3.95. The molecule has 0 spiro atoms. The normalized spacial score (nSPS) is 15.2. The van der Waals surface area contributed by atoms with E-state index < -0.39 is 0 Å². The molecule has 5 rings (SSSR count). The molecule has 206 valence electrons. The predicted molar refractivity (Wildman–Crippen MR) is 158 cm³/mol. The van der Waals surface area contributed by atoms with Crippen molar-refractivity contribution in [3.8, 4) is 16.9 Å². The van der Waals surface area contributed by atoms with E-state index in [4.69, 9.17) is 5.10 Å². The molecule has 7 nitrogen and oxygen atoms in total. The zero-order valence-corrected chi connectivity index (χ0v) is 23.6. The fourth-order valence-corrected chi connectivity index (χ4v) is 6.13. The summed E-state index contributed by atoms with van der Waals surface area (Å²) in [6.07, 6.45) is 0. The van der Waals surface area contributed by atoms with Gasteiger partial charge >= 0.3 is 0 Å². The van der Waals surface area contributed by atoms with Crippen molar-refractivity contribution in [3.63, 3.8) is 0 Å². The summed E-state index contributed by atoms with van der Waals surface area (Å²) in [5.74, 6) is -0.0964. The van der Waals surface area contributed by atoms with Gasteiger partial charge in [0.1, 0.15) is 18.2 Å². The maximum absolute atomic E-state index is 13.9. The molecule has 1 aromatic heterocycles. The van der Waals surface area contributed by atoms with Crippen LogP contribution in [0.25, 0.3) is 16.9 Å². The molecule has 1 aliphatic rings. The van der Waals surface area contributed by atoms with Gasteiger partial charge < -0.3 is 10.2 Å². The smallest absolute Gasteiger partial charge is 0.240 e. The number of aryl methyl sites for hydroxylation is 1. The molecular formula is C31H32FN5O2S. The van der Waals surface area contributed by atoms with Gasteiger partial charge in [0.25, 0.3) is 0 Å². The SMILES string of the molecule is Cc1ccccc1[C@H]1SCC(=O)N(CC(=O)NCCN(C)C)c2c1c(-c1ccccc1)nn2-c1ccc(F)cc1. The van der Waals surface area contributed by atoms with Crippen molar-refractivity contribution in [1.29, 1.82) is 0 Å². The minimum Gasteiger partial charge on any atom is -0.353 e. The number of hydrogen-bond donors (Lipinski definition) is 1. The quantitative estimate of drug-likeness (QED) is 0.336. The number of aromatic nitrogens is 2. The fourth-order valence-electron chi connectivity index (χ4n) is 4.84. The molecule has 9 heteroatoms. The first-order valence-electron chi connectivity index (χ1n) is 13.2. The van der Waals surface area contributed by atoms with Crippen molar-refractivity contribution >= 4 is 29.4 Å². The van der Waals surface area contributed by atoms with Crippen LogP contribution in [0.1, 0.15) is 21.9 Å². The van der Waals surface area contributed by atoms with Gasteiger partial charge in [-0.2, -0.15) is 5.10 Å². The van der Waals surface area contributed by atoms with E-state index in [0.717, 1.165) is 22.3 Å².